The molecule has 1 aromatic heterocycles. The van der Waals surface area contributed by atoms with Crippen molar-refractivity contribution in [1.29, 1.82) is 0 Å². The van der Waals surface area contributed by atoms with Gasteiger partial charge in [0, 0.05) is 24.0 Å². The van der Waals surface area contributed by atoms with Crippen LogP contribution < -0.4 is 26.8 Å². The molecule has 1 amide bonds. The van der Waals surface area contributed by atoms with Crippen LogP contribution >= 0.6 is 11.3 Å². The average molecular weight is 490 g/mol. The first-order chi connectivity index (χ1) is 16.4. The van der Waals surface area contributed by atoms with Crippen LogP contribution in [0.4, 0.5) is 5.13 Å². The molecule has 12 nitrogen and oxygen atoms in total. The van der Waals surface area contributed by atoms with Crippen LogP contribution in [0.15, 0.2) is 39.8 Å². The van der Waals surface area contributed by atoms with Gasteiger partial charge in [-0.2, -0.15) is 0 Å². The maximum atomic E-state index is 11.6. The molecule has 0 aliphatic carbocycles. The lowest BCUT2D eigenvalue weighted by Gasteiger charge is -2.25. The molecular weight excluding hydrogens is 462 g/mol. The van der Waals surface area contributed by atoms with E-state index in [9.17, 15) is 14.7 Å². The minimum Gasteiger partial charge on any atom is -0.489 e. The van der Waals surface area contributed by atoms with E-state index < -0.39 is 18.0 Å². The Morgan fingerprint density at radius 1 is 1.32 bits per heavy atom. The van der Waals surface area contributed by atoms with Crippen molar-refractivity contribution in [1.82, 2.24) is 15.6 Å². The molecule has 0 unspecified atom stereocenters. The van der Waals surface area contributed by atoms with E-state index in [-0.39, 0.29) is 23.1 Å². The number of piperidine rings is 1. The summed E-state index contributed by atoms with van der Waals surface area (Å²) in [5.41, 5.74) is 11.5. The molecule has 7 N–H and O–H groups in total. The van der Waals surface area contributed by atoms with Gasteiger partial charge in [-0.15, -0.1) is 11.3 Å². The molecule has 182 valence electrons. The molecule has 2 heterocycles. The topological polar surface area (TPSA) is 187 Å². The molecule has 1 aliphatic rings. The number of carbonyl (C=O) groups is 2. The number of nitrogen functional groups attached to an aromatic ring is 1. The number of benzene rings is 1. The number of carboxylic acid groups (broad SMARTS) is 1. The van der Waals surface area contributed by atoms with Gasteiger partial charge in [-0.3, -0.25) is 9.79 Å². The normalized spacial score (nSPS) is 16.0. The molecule has 0 bridgehead atoms. The first-order valence-corrected chi connectivity index (χ1v) is 11.4. The number of thiazole rings is 1. The van der Waals surface area contributed by atoms with Crippen molar-refractivity contribution in [2.24, 2.45) is 15.9 Å². The Balaban J connectivity index is 1.60. The first-order valence-electron chi connectivity index (χ1n) is 10.5. The van der Waals surface area contributed by atoms with Crippen molar-refractivity contribution in [3.05, 3.63) is 40.9 Å². The monoisotopic (exact) mass is 489 g/mol. The van der Waals surface area contributed by atoms with Crippen molar-refractivity contribution in [3.63, 3.8) is 0 Å². The lowest BCUT2D eigenvalue weighted by molar-refractivity contribution is -0.152. The summed E-state index contributed by atoms with van der Waals surface area (Å²) >= 11 is 1.08. The molecule has 0 spiro atoms. The second kappa shape index (κ2) is 12.0. The van der Waals surface area contributed by atoms with Gasteiger partial charge >= 0.3 is 5.97 Å². The summed E-state index contributed by atoms with van der Waals surface area (Å²) in [4.78, 5) is 36.5. The number of anilines is 1. The minimum absolute atomic E-state index is 0.0992. The van der Waals surface area contributed by atoms with Crippen molar-refractivity contribution in [3.8, 4) is 5.75 Å². The Labute approximate surface area is 200 Å². The van der Waals surface area contributed by atoms with Crippen LogP contribution in [0.2, 0.25) is 0 Å². The van der Waals surface area contributed by atoms with Gasteiger partial charge in [-0.05, 0) is 50.2 Å². The van der Waals surface area contributed by atoms with Crippen LogP contribution in [0, 0.1) is 0 Å². The molecule has 2 aromatic rings. The van der Waals surface area contributed by atoms with Crippen molar-refractivity contribution < 1.29 is 24.3 Å². The fourth-order valence-electron chi connectivity index (χ4n) is 3.20. The molecule has 34 heavy (non-hydrogen) atoms. The smallest absolute Gasteiger partial charge is 0.351 e. The van der Waals surface area contributed by atoms with Gasteiger partial charge in [0.25, 0.3) is 12.0 Å². The summed E-state index contributed by atoms with van der Waals surface area (Å²) in [6.45, 7) is 1.58. The summed E-state index contributed by atoms with van der Waals surface area (Å²) in [6, 6.07) is 7.44. The predicted octanol–water partition coefficient (Wildman–Crippen LogP) is 0.182. The highest BCUT2D eigenvalue weighted by Gasteiger charge is 2.23. The van der Waals surface area contributed by atoms with E-state index in [1.165, 1.54) is 5.38 Å². The number of nitrogens with two attached hydrogens (primary N) is 2. The number of ether oxygens (including phenoxy) is 1. The Morgan fingerprint density at radius 3 is 2.59 bits per heavy atom. The van der Waals surface area contributed by atoms with Crippen LogP contribution in [-0.2, 0) is 14.4 Å². The first kappa shape index (κ1) is 24.9. The number of amides is 1. The van der Waals surface area contributed by atoms with Gasteiger partial charge in [0.15, 0.2) is 10.8 Å². The SMILES string of the molecule is C/N=C(\NC1CCNCC1)c1ccc(OC[C@H](O/N=C(\C(N)=O)c2csc(N)n2)C(=O)O)cc1. The number of oxime groups is 1. The summed E-state index contributed by atoms with van der Waals surface area (Å²) in [5, 5.41) is 21.5. The van der Waals surface area contributed by atoms with Gasteiger partial charge in [-0.1, -0.05) is 5.16 Å². The quantitative estimate of drug-likeness (QED) is 0.176. The number of carboxylic acids is 1. The highest BCUT2D eigenvalue weighted by Crippen LogP contribution is 2.15. The zero-order valence-electron chi connectivity index (χ0n) is 18.6. The number of aliphatic carboxylic acids is 1. The molecule has 1 fully saturated rings. The van der Waals surface area contributed by atoms with Gasteiger partial charge in [0.05, 0.1) is 0 Å². The van der Waals surface area contributed by atoms with E-state index in [1.807, 2.05) is 12.1 Å². The van der Waals surface area contributed by atoms with E-state index >= 15 is 0 Å². The van der Waals surface area contributed by atoms with Gasteiger partial charge in [0.2, 0.25) is 0 Å². The van der Waals surface area contributed by atoms with Gasteiger partial charge in [-0.25, -0.2) is 9.78 Å². The molecule has 1 aromatic carbocycles. The van der Waals surface area contributed by atoms with Crippen molar-refractivity contribution >= 4 is 39.9 Å². The third-order valence-corrected chi connectivity index (χ3v) is 5.65. The second-order valence-corrected chi connectivity index (χ2v) is 8.27. The number of rotatable bonds is 10. The molecule has 1 aliphatic heterocycles. The van der Waals surface area contributed by atoms with Crippen LogP contribution in [0.1, 0.15) is 24.1 Å². The maximum absolute atomic E-state index is 11.6. The maximum Gasteiger partial charge on any atom is 0.351 e. The fourth-order valence-corrected chi connectivity index (χ4v) is 3.74. The average Bonchev–Trinajstić information content (AvgIpc) is 3.26. The van der Waals surface area contributed by atoms with E-state index in [4.69, 9.17) is 21.0 Å². The number of aromatic nitrogens is 1. The third kappa shape index (κ3) is 6.89. The highest BCUT2D eigenvalue weighted by atomic mass is 32.1. The van der Waals surface area contributed by atoms with Crippen LogP contribution in [0.25, 0.3) is 0 Å². The third-order valence-electron chi connectivity index (χ3n) is 4.98. The predicted molar refractivity (Wildman–Crippen MR) is 128 cm³/mol. The van der Waals surface area contributed by atoms with Crippen molar-refractivity contribution in [2.75, 3.05) is 32.5 Å². The van der Waals surface area contributed by atoms with Crippen molar-refractivity contribution in [2.45, 2.75) is 25.0 Å². The molecule has 1 saturated heterocycles. The van der Waals surface area contributed by atoms with E-state index in [0.717, 1.165) is 48.7 Å². The van der Waals surface area contributed by atoms with E-state index in [0.29, 0.717) is 11.8 Å². The fraction of sp³-hybridized carbons (Fsp3) is 0.381. The van der Waals surface area contributed by atoms with Crippen LogP contribution in [-0.4, -0.2) is 72.4 Å². The number of hydrogen-bond acceptors (Lipinski definition) is 10. The van der Waals surface area contributed by atoms with Gasteiger partial charge in [0.1, 0.15) is 23.9 Å². The summed E-state index contributed by atoms with van der Waals surface area (Å²) in [7, 11) is 1.73. The lowest BCUT2D eigenvalue weighted by atomic mass is 10.1. The number of primary amides is 1. The number of aliphatic imine (C=N–C) groups is 1. The second-order valence-electron chi connectivity index (χ2n) is 7.38. The summed E-state index contributed by atoms with van der Waals surface area (Å²) in [5.74, 6) is -1.05. The minimum atomic E-state index is -1.49. The van der Waals surface area contributed by atoms with E-state index in [2.05, 4.69) is 25.8 Å². The van der Waals surface area contributed by atoms with Crippen LogP contribution in [0.3, 0.4) is 0 Å². The van der Waals surface area contributed by atoms with E-state index in [1.54, 1.807) is 19.2 Å². The molecule has 0 radical (unpaired) electrons. The molecule has 0 saturated carbocycles. The zero-order chi connectivity index (χ0) is 24.5. The summed E-state index contributed by atoms with van der Waals surface area (Å²) < 4.78 is 5.56. The van der Waals surface area contributed by atoms with Gasteiger partial charge < -0.3 is 36.8 Å². The Bertz CT molecular complexity index is 1050. The highest BCUT2D eigenvalue weighted by molar-refractivity contribution is 7.13. The number of carbonyl (C=O) groups excluding carboxylic acids is 1. The number of hydrogen-bond donors (Lipinski definition) is 5. The molecule has 13 heteroatoms. The molecule has 3 rings (SSSR count). The largest absolute Gasteiger partial charge is 0.489 e. The number of nitrogens with zero attached hydrogens (tertiary/aromatic N) is 3. The Hall–Kier alpha value is -3.71. The standard InChI is InChI=1S/C21H27N7O5S/c1-24-19(26-13-6-8-25-9-7-13)12-2-4-14(5-3-12)32-10-16(20(30)31)33-28-17(18(22)29)15-11-34-21(23)27-15/h2-5,11,13,16,25H,6-10H2,1H3,(H2,22,29)(H2,23,27)(H,24,26)(H,30,31)/b28-17-/t16-/m0/s1. The Morgan fingerprint density at radius 2 is 2.03 bits per heavy atom. The lowest BCUT2D eigenvalue weighted by Crippen LogP contribution is -2.43. The number of amidine groups is 1. The zero-order valence-corrected chi connectivity index (χ0v) is 19.4. The number of nitrogens with one attached hydrogen (secondary N) is 2. The van der Waals surface area contributed by atoms with Crippen LogP contribution in [0.5, 0.6) is 5.75 Å². The summed E-state index contributed by atoms with van der Waals surface area (Å²) in [6.07, 6.45) is 0.554. The molecular formula is C21H27N7O5S. The Kier molecular flexibility index (Phi) is 8.76. The molecule has 1 atom stereocenters.